The average molecular weight is 277 g/mol. The van der Waals surface area contributed by atoms with Crippen LogP contribution in [0.25, 0.3) is 6.08 Å². The molecule has 3 rings (SSSR count). The van der Waals surface area contributed by atoms with Gasteiger partial charge in [-0.25, -0.2) is 9.97 Å². The summed E-state index contributed by atoms with van der Waals surface area (Å²) in [6.45, 7) is 2.76. The van der Waals surface area contributed by atoms with Crippen molar-refractivity contribution in [2.75, 3.05) is 17.7 Å². The van der Waals surface area contributed by atoms with E-state index in [4.69, 9.17) is 0 Å². The van der Waals surface area contributed by atoms with Gasteiger partial charge in [-0.2, -0.15) is 0 Å². The Bertz CT molecular complexity index is 515. The highest BCUT2D eigenvalue weighted by Gasteiger charge is 2.41. The third kappa shape index (κ3) is 2.25. The average Bonchev–Trinajstić information content (AvgIpc) is 2.77. The van der Waals surface area contributed by atoms with Crippen molar-refractivity contribution in [2.45, 2.75) is 43.0 Å². The van der Waals surface area contributed by atoms with Crippen molar-refractivity contribution in [1.29, 1.82) is 0 Å². The lowest BCUT2D eigenvalue weighted by Gasteiger charge is -2.38. The Labute approximate surface area is 117 Å². The number of rotatable bonds is 2. The van der Waals surface area contributed by atoms with Crippen LogP contribution in [0.5, 0.6) is 0 Å². The van der Waals surface area contributed by atoms with Gasteiger partial charge in [0.25, 0.3) is 0 Å². The molecule has 19 heavy (non-hydrogen) atoms. The van der Waals surface area contributed by atoms with Crippen molar-refractivity contribution in [1.82, 2.24) is 9.97 Å². The smallest absolute Gasteiger partial charge is 0.189 e. The van der Waals surface area contributed by atoms with E-state index in [2.05, 4.69) is 27.0 Å². The minimum Gasteiger partial charge on any atom is -0.388 e. The SMILES string of the molecule is CSc1ncc2c(n1)N([C@@H]1CCC[C@@]1(C)O)CC=C2. The first-order valence-electron chi connectivity index (χ1n) is 6.68. The summed E-state index contributed by atoms with van der Waals surface area (Å²) >= 11 is 1.55. The number of anilines is 1. The molecule has 1 fully saturated rings. The molecular formula is C14H19N3OS. The monoisotopic (exact) mass is 277 g/mol. The Morgan fingerprint density at radius 2 is 2.37 bits per heavy atom. The molecule has 0 saturated heterocycles. The fraction of sp³-hybridized carbons (Fsp3) is 0.571. The lowest BCUT2D eigenvalue weighted by molar-refractivity contribution is 0.0492. The summed E-state index contributed by atoms with van der Waals surface area (Å²) < 4.78 is 0. The summed E-state index contributed by atoms with van der Waals surface area (Å²) in [5.41, 5.74) is 0.430. The first kappa shape index (κ1) is 12.9. The van der Waals surface area contributed by atoms with Crippen molar-refractivity contribution >= 4 is 23.7 Å². The number of fused-ring (bicyclic) bond motifs is 1. The van der Waals surface area contributed by atoms with Crippen LogP contribution in [0.15, 0.2) is 17.4 Å². The molecule has 1 aromatic rings. The normalized spacial score (nSPS) is 29.6. The minimum atomic E-state index is -0.618. The van der Waals surface area contributed by atoms with E-state index in [0.29, 0.717) is 0 Å². The first-order chi connectivity index (χ1) is 9.12. The highest BCUT2D eigenvalue weighted by atomic mass is 32.2. The molecule has 0 bridgehead atoms. The minimum absolute atomic E-state index is 0.154. The molecule has 1 N–H and O–H groups in total. The summed E-state index contributed by atoms with van der Waals surface area (Å²) in [5, 5.41) is 11.3. The topological polar surface area (TPSA) is 49.2 Å². The molecular weight excluding hydrogens is 258 g/mol. The summed E-state index contributed by atoms with van der Waals surface area (Å²) in [6.07, 6.45) is 11.0. The Balaban J connectivity index is 1.99. The van der Waals surface area contributed by atoms with Crippen molar-refractivity contribution in [2.24, 2.45) is 0 Å². The number of aliphatic hydroxyl groups is 1. The Morgan fingerprint density at radius 3 is 3.05 bits per heavy atom. The largest absolute Gasteiger partial charge is 0.388 e. The molecule has 0 aromatic carbocycles. The molecule has 0 spiro atoms. The zero-order chi connectivity index (χ0) is 13.5. The molecule has 1 aliphatic carbocycles. The quantitative estimate of drug-likeness (QED) is 0.664. The number of hydrogen-bond donors (Lipinski definition) is 1. The fourth-order valence-electron chi connectivity index (χ4n) is 3.09. The zero-order valence-electron chi connectivity index (χ0n) is 11.3. The molecule has 2 aliphatic rings. The van der Waals surface area contributed by atoms with Gasteiger partial charge in [-0.15, -0.1) is 0 Å². The summed E-state index contributed by atoms with van der Waals surface area (Å²) in [4.78, 5) is 11.2. The Morgan fingerprint density at radius 1 is 1.53 bits per heavy atom. The van der Waals surface area contributed by atoms with Gasteiger partial charge in [0.15, 0.2) is 5.16 Å². The third-order valence-electron chi connectivity index (χ3n) is 4.08. The number of nitrogens with zero attached hydrogens (tertiary/aromatic N) is 3. The predicted octanol–water partition coefficient (Wildman–Crippen LogP) is 2.34. The fourth-order valence-corrected chi connectivity index (χ4v) is 3.43. The van der Waals surface area contributed by atoms with E-state index in [1.54, 1.807) is 11.8 Å². The van der Waals surface area contributed by atoms with Crippen LogP contribution in [0, 0.1) is 0 Å². The Kier molecular flexibility index (Phi) is 3.27. The predicted molar refractivity (Wildman–Crippen MR) is 78.5 cm³/mol. The van der Waals surface area contributed by atoms with Crippen molar-refractivity contribution in [3.63, 3.8) is 0 Å². The van der Waals surface area contributed by atoms with E-state index >= 15 is 0 Å². The van der Waals surface area contributed by atoms with Crippen LogP contribution in [0.2, 0.25) is 0 Å². The second-order valence-electron chi connectivity index (χ2n) is 5.46. The second-order valence-corrected chi connectivity index (χ2v) is 6.23. The van der Waals surface area contributed by atoms with Gasteiger partial charge < -0.3 is 10.0 Å². The standard InChI is InChI=1S/C14H19N3OS/c1-14(18)7-3-6-11(14)17-8-4-5-10-9-15-13(19-2)16-12(10)17/h4-5,9,11,18H,3,6-8H2,1-2H3/t11-,14-/m1/s1. The second kappa shape index (κ2) is 4.80. The van der Waals surface area contributed by atoms with Gasteiger partial charge in [0.2, 0.25) is 0 Å². The number of thioether (sulfide) groups is 1. The molecule has 0 unspecified atom stereocenters. The molecule has 5 heteroatoms. The van der Waals surface area contributed by atoms with E-state index in [1.165, 1.54) is 0 Å². The highest BCUT2D eigenvalue weighted by molar-refractivity contribution is 7.98. The molecule has 2 heterocycles. The Hall–Kier alpha value is -1.07. The van der Waals surface area contributed by atoms with Crippen LogP contribution >= 0.6 is 11.8 Å². The van der Waals surface area contributed by atoms with Gasteiger partial charge in [-0.05, 0) is 32.4 Å². The van der Waals surface area contributed by atoms with Crippen LogP contribution in [0.1, 0.15) is 31.7 Å². The number of aromatic nitrogens is 2. The number of hydrogen-bond acceptors (Lipinski definition) is 5. The highest BCUT2D eigenvalue weighted by Crippen LogP contribution is 2.38. The zero-order valence-corrected chi connectivity index (χ0v) is 12.2. The molecule has 1 saturated carbocycles. The van der Waals surface area contributed by atoms with E-state index in [9.17, 15) is 5.11 Å². The lowest BCUT2D eigenvalue weighted by Crippen LogP contribution is -2.49. The van der Waals surface area contributed by atoms with Gasteiger partial charge in [-0.3, -0.25) is 0 Å². The van der Waals surface area contributed by atoms with Crippen LogP contribution in [0.4, 0.5) is 5.82 Å². The summed E-state index contributed by atoms with van der Waals surface area (Å²) in [7, 11) is 0. The lowest BCUT2D eigenvalue weighted by atomic mass is 9.97. The van der Waals surface area contributed by atoms with Crippen molar-refractivity contribution < 1.29 is 5.11 Å². The van der Waals surface area contributed by atoms with E-state index in [-0.39, 0.29) is 6.04 Å². The summed E-state index contributed by atoms with van der Waals surface area (Å²) in [6, 6.07) is 0.154. The molecule has 0 amide bonds. The maximum atomic E-state index is 10.5. The van der Waals surface area contributed by atoms with Crippen LogP contribution in [-0.4, -0.2) is 39.5 Å². The molecule has 1 aliphatic heterocycles. The van der Waals surface area contributed by atoms with Gasteiger partial charge in [0.05, 0.1) is 11.6 Å². The van der Waals surface area contributed by atoms with E-state index < -0.39 is 5.60 Å². The van der Waals surface area contributed by atoms with Crippen molar-refractivity contribution in [3.8, 4) is 0 Å². The molecule has 4 nitrogen and oxygen atoms in total. The van der Waals surface area contributed by atoms with Gasteiger partial charge >= 0.3 is 0 Å². The van der Waals surface area contributed by atoms with Gasteiger partial charge in [-0.1, -0.05) is 23.9 Å². The molecule has 102 valence electrons. The molecule has 0 radical (unpaired) electrons. The third-order valence-corrected chi connectivity index (χ3v) is 4.64. The van der Waals surface area contributed by atoms with E-state index in [1.807, 2.05) is 19.4 Å². The van der Waals surface area contributed by atoms with Gasteiger partial charge in [0.1, 0.15) is 5.82 Å². The van der Waals surface area contributed by atoms with Crippen LogP contribution in [-0.2, 0) is 0 Å². The van der Waals surface area contributed by atoms with Crippen molar-refractivity contribution in [3.05, 3.63) is 17.8 Å². The first-order valence-corrected chi connectivity index (χ1v) is 7.91. The maximum Gasteiger partial charge on any atom is 0.189 e. The molecule has 2 atom stereocenters. The molecule has 1 aromatic heterocycles. The van der Waals surface area contributed by atoms with Crippen LogP contribution in [0.3, 0.4) is 0 Å². The van der Waals surface area contributed by atoms with Gasteiger partial charge in [0, 0.05) is 18.3 Å². The van der Waals surface area contributed by atoms with E-state index in [0.717, 1.165) is 42.3 Å². The maximum absolute atomic E-state index is 10.5. The summed E-state index contributed by atoms with van der Waals surface area (Å²) in [5.74, 6) is 0.967. The van der Waals surface area contributed by atoms with Crippen LogP contribution < -0.4 is 4.90 Å².